The molecule has 0 saturated carbocycles. The number of aryl methyl sites for hydroxylation is 1. The van der Waals surface area contributed by atoms with Crippen molar-refractivity contribution in [2.75, 3.05) is 20.9 Å². The Balaban J connectivity index is 1.83. The summed E-state index contributed by atoms with van der Waals surface area (Å²) in [5.41, 5.74) is 2.49. The number of esters is 1. The van der Waals surface area contributed by atoms with Gasteiger partial charge in [-0.15, -0.1) is 0 Å². The second-order valence-electron chi connectivity index (χ2n) is 9.62. The summed E-state index contributed by atoms with van der Waals surface area (Å²) in [6.07, 6.45) is 10.5. The highest BCUT2D eigenvalue weighted by Crippen LogP contribution is 2.20. The summed E-state index contributed by atoms with van der Waals surface area (Å²) in [6, 6.07) is 18.2. The summed E-state index contributed by atoms with van der Waals surface area (Å²) in [4.78, 5) is 13.0. The Hall–Kier alpha value is -2.33. The van der Waals surface area contributed by atoms with Crippen molar-refractivity contribution in [2.45, 2.75) is 84.2 Å². The number of benzene rings is 2. The second-order valence-corrected chi connectivity index (χ2v) is 9.62. The summed E-state index contributed by atoms with van der Waals surface area (Å²) >= 11 is 0. The standard InChI is InChI=1S/C29H44NO3/c1-5-7-8-9-10-12-17-25-20-15-21-27(22-25)32-24-33-29(31)28(16-6-2)30(3,4)23-26-18-13-11-14-19-26/h11,13-15,18-22,28H,5-10,12,16-17,23-24H2,1-4H3/q+1. The molecule has 182 valence electrons. The minimum Gasteiger partial charge on any atom is -0.457 e. The van der Waals surface area contributed by atoms with Crippen LogP contribution in [0.3, 0.4) is 0 Å². The van der Waals surface area contributed by atoms with E-state index in [1.807, 2.05) is 30.3 Å². The lowest BCUT2D eigenvalue weighted by atomic mass is 10.0. The van der Waals surface area contributed by atoms with Gasteiger partial charge >= 0.3 is 5.97 Å². The molecule has 0 saturated heterocycles. The third kappa shape index (κ3) is 10.00. The quantitative estimate of drug-likeness (QED) is 0.120. The summed E-state index contributed by atoms with van der Waals surface area (Å²) in [5, 5.41) is 0. The third-order valence-corrected chi connectivity index (χ3v) is 6.26. The van der Waals surface area contributed by atoms with E-state index in [4.69, 9.17) is 9.47 Å². The largest absolute Gasteiger partial charge is 0.457 e. The fraction of sp³-hybridized carbons (Fsp3) is 0.552. The topological polar surface area (TPSA) is 35.5 Å². The summed E-state index contributed by atoms with van der Waals surface area (Å²) in [7, 11) is 4.20. The molecule has 2 aromatic rings. The molecule has 4 nitrogen and oxygen atoms in total. The Morgan fingerprint density at radius 1 is 0.848 bits per heavy atom. The van der Waals surface area contributed by atoms with Crippen LogP contribution < -0.4 is 4.74 Å². The van der Waals surface area contributed by atoms with Gasteiger partial charge in [0, 0.05) is 12.0 Å². The van der Waals surface area contributed by atoms with Gasteiger partial charge < -0.3 is 14.0 Å². The van der Waals surface area contributed by atoms with Gasteiger partial charge in [0.15, 0.2) is 6.04 Å². The van der Waals surface area contributed by atoms with E-state index in [2.05, 4.69) is 52.2 Å². The fourth-order valence-corrected chi connectivity index (χ4v) is 4.34. The van der Waals surface area contributed by atoms with Crippen molar-refractivity contribution in [3.05, 3.63) is 65.7 Å². The molecule has 4 heteroatoms. The molecule has 33 heavy (non-hydrogen) atoms. The molecular formula is C29H44NO3+. The summed E-state index contributed by atoms with van der Waals surface area (Å²) < 4.78 is 11.9. The molecule has 0 amide bonds. The van der Waals surface area contributed by atoms with Gasteiger partial charge in [0.2, 0.25) is 6.79 Å². The summed E-state index contributed by atoms with van der Waals surface area (Å²) in [5.74, 6) is 0.567. The molecule has 0 N–H and O–H groups in total. The SMILES string of the molecule is CCCCCCCCc1cccc(OCOC(=O)C(CCC)[N+](C)(C)Cc2ccccc2)c1. The predicted molar refractivity (Wildman–Crippen MR) is 136 cm³/mol. The number of ether oxygens (including phenoxy) is 2. The van der Waals surface area contributed by atoms with Gasteiger partial charge in [-0.2, -0.15) is 0 Å². The van der Waals surface area contributed by atoms with Crippen LogP contribution in [-0.4, -0.2) is 37.4 Å². The van der Waals surface area contributed by atoms with Crippen LogP contribution in [0.5, 0.6) is 5.75 Å². The van der Waals surface area contributed by atoms with E-state index in [9.17, 15) is 4.79 Å². The zero-order valence-corrected chi connectivity index (χ0v) is 21.2. The van der Waals surface area contributed by atoms with Gasteiger partial charge in [0.1, 0.15) is 12.3 Å². The Kier molecular flexibility index (Phi) is 12.0. The first kappa shape index (κ1) is 26.9. The van der Waals surface area contributed by atoms with Gasteiger partial charge in [-0.05, 0) is 37.0 Å². The Morgan fingerprint density at radius 2 is 1.55 bits per heavy atom. The molecule has 0 bridgehead atoms. The van der Waals surface area contributed by atoms with Crippen LogP contribution >= 0.6 is 0 Å². The molecule has 2 rings (SSSR count). The second kappa shape index (κ2) is 14.7. The smallest absolute Gasteiger partial charge is 0.367 e. The molecule has 2 aromatic carbocycles. The molecule has 1 atom stereocenters. The number of likely N-dealkylation sites (N-methyl/N-ethyl adjacent to an activating group) is 1. The van der Waals surface area contributed by atoms with Gasteiger partial charge in [-0.1, -0.05) is 88.4 Å². The molecular weight excluding hydrogens is 410 g/mol. The lowest BCUT2D eigenvalue weighted by Gasteiger charge is -2.36. The molecule has 1 unspecified atom stereocenters. The van der Waals surface area contributed by atoms with E-state index in [1.165, 1.54) is 49.7 Å². The maximum absolute atomic E-state index is 13.0. The van der Waals surface area contributed by atoms with E-state index >= 15 is 0 Å². The molecule has 0 fully saturated rings. The average molecular weight is 455 g/mol. The highest BCUT2D eigenvalue weighted by Gasteiger charge is 2.35. The van der Waals surface area contributed by atoms with Crippen LogP contribution in [0.15, 0.2) is 54.6 Å². The van der Waals surface area contributed by atoms with Gasteiger partial charge in [-0.25, -0.2) is 4.79 Å². The minimum absolute atomic E-state index is 0.0507. The monoisotopic (exact) mass is 454 g/mol. The molecule has 0 spiro atoms. The van der Waals surface area contributed by atoms with E-state index in [0.717, 1.165) is 31.6 Å². The normalized spacial score (nSPS) is 12.4. The highest BCUT2D eigenvalue weighted by atomic mass is 16.7. The first-order chi connectivity index (χ1) is 16.0. The zero-order chi connectivity index (χ0) is 23.9. The van der Waals surface area contributed by atoms with E-state index in [0.29, 0.717) is 4.48 Å². The van der Waals surface area contributed by atoms with E-state index in [1.54, 1.807) is 0 Å². The van der Waals surface area contributed by atoms with Crippen molar-refractivity contribution < 1.29 is 18.8 Å². The average Bonchev–Trinajstić information content (AvgIpc) is 2.80. The van der Waals surface area contributed by atoms with Crippen molar-refractivity contribution in [2.24, 2.45) is 0 Å². The predicted octanol–water partition coefficient (Wildman–Crippen LogP) is 6.91. The van der Waals surface area contributed by atoms with Crippen LogP contribution in [0.1, 0.15) is 76.3 Å². The Labute approximate surface area is 201 Å². The first-order valence-corrected chi connectivity index (χ1v) is 12.7. The summed E-state index contributed by atoms with van der Waals surface area (Å²) in [6.45, 7) is 5.08. The van der Waals surface area contributed by atoms with Crippen molar-refractivity contribution >= 4 is 5.97 Å². The van der Waals surface area contributed by atoms with Crippen molar-refractivity contribution in [3.8, 4) is 5.75 Å². The molecule has 0 radical (unpaired) electrons. The van der Waals surface area contributed by atoms with E-state index in [-0.39, 0.29) is 18.8 Å². The molecule has 0 aliphatic rings. The van der Waals surface area contributed by atoms with Crippen LogP contribution in [0.4, 0.5) is 0 Å². The Bertz CT molecular complexity index is 804. The number of hydrogen-bond acceptors (Lipinski definition) is 3. The molecule has 0 aromatic heterocycles. The van der Waals surface area contributed by atoms with Crippen molar-refractivity contribution in [3.63, 3.8) is 0 Å². The van der Waals surface area contributed by atoms with Gasteiger partial charge in [0.25, 0.3) is 0 Å². The number of carbonyl (C=O) groups is 1. The number of quaternary nitrogens is 1. The molecule has 0 aliphatic heterocycles. The highest BCUT2D eigenvalue weighted by molar-refractivity contribution is 5.74. The van der Waals surface area contributed by atoms with Crippen LogP contribution in [0.25, 0.3) is 0 Å². The molecule has 0 aliphatic carbocycles. The van der Waals surface area contributed by atoms with Crippen LogP contribution in [0.2, 0.25) is 0 Å². The van der Waals surface area contributed by atoms with Crippen LogP contribution in [-0.2, 0) is 22.5 Å². The number of carbonyl (C=O) groups excluding carboxylic acids is 1. The number of hydrogen-bond donors (Lipinski definition) is 0. The number of unbranched alkanes of at least 4 members (excludes halogenated alkanes) is 5. The molecule has 0 heterocycles. The zero-order valence-electron chi connectivity index (χ0n) is 21.2. The Morgan fingerprint density at radius 3 is 2.27 bits per heavy atom. The van der Waals surface area contributed by atoms with Crippen molar-refractivity contribution in [1.82, 2.24) is 0 Å². The lowest BCUT2D eigenvalue weighted by Crippen LogP contribution is -2.53. The third-order valence-electron chi connectivity index (χ3n) is 6.26. The van der Waals surface area contributed by atoms with Gasteiger partial charge in [0.05, 0.1) is 14.1 Å². The number of rotatable bonds is 16. The van der Waals surface area contributed by atoms with Gasteiger partial charge in [-0.3, -0.25) is 0 Å². The maximum Gasteiger partial charge on any atom is 0.367 e. The first-order valence-electron chi connectivity index (χ1n) is 12.7. The minimum atomic E-state index is -0.224. The number of nitrogens with zero attached hydrogens (tertiary/aromatic N) is 1. The van der Waals surface area contributed by atoms with Crippen LogP contribution in [0, 0.1) is 0 Å². The van der Waals surface area contributed by atoms with E-state index < -0.39 is 0 Å². The maximum atomic E-state index is 13.0. The lowest BCUT2D eigenvalue weighted by molar-refractivity contribution is -0.920. The fourth-order valence-electron chi connectivity index (χ4n) is 4.34. The van der Waals surface area contributed by atoms with Crippen molar-refractivity contribution in [1.29, 1.82) is 0 Å².